The summed E-state index contributed by atoms with van der Waals surface area (Å²) in [5, 5.41) is 30.6. The molecule has 1 heterocycles. The lowest BCUT2D eigenvalue weighted by Gasteiger charge is -2.60. The maximum absolute atomic E-state index is 13.4. The number of Topliss-reactive ketones (excluding diaryl/α,β-unsaturated/α-hetero) is 2. The Morgan fingerprint density at radius 2 is 2.00 bits per heavy atom. The van der Waals surface area contributed by atoms with E-state index in [0.29, 0.717) is 12.3 Å². The zero-order valence-corrected chi connectivity index (χ0v) is 21.2. The number of nitrogens with zero attached hydrogens (tertiary/aromatic N) is 2. The van der Waals surface area contributed by atoms with E-state index in [1.54, 1.807) is 12.5 Å². The van der Waals surface area contributed by atoms with Gasteiger partial charge in [-0.1, -0.05) is 13.8 Å². The van der Waals surface area contributed by atoms with E-state index in [9.17, 15) is 24.9 Å². The van der Waals surface area contributed by atoms with Crippen LogP contribution in [-0.2, 0) is 16.1 Å². The quantitative estimate of drug-likeness (QED) is 0.497. The molecule has 0 bridgehead atoms. The number of ketones is 2. The van der Waals surface area contributed by atoms with Gasteiger partial charge in [0.25, 0.3) is 0 Å². The molecule has 1 aromatic heterocycles. The van der Waals surface area contributed by atoms with Crippen molar-refractivity contribution in [3.05, 3.63) is 18.7 Å². The van der Waals surface area contributed by atoms with Crippen LogP contribution in [0.1, 0.15) is 71.6 Å². The fraction of sp³-hybridized carbons (Fsp3) is 0.815. The Morgan fingerprint density at radius 1 is 1.23 bits per heavy atom. The first-order valence-electron chi connectivity index (χ1n) is 13.3. The SMILES string of the molecule is C[C@]12CC[C@@H](O)C[C@H]1CC[C@@H]1[C@@H]2C(=O)C[C@@]2(C)[C@H]1CC[C@]2(O)C(=O)CO.NCCCn1ccnc1. The van der Waals surface area contributed by atoms with E-state index < -0.39 is 23.4 Å². The van der Waals surface area contributed by atoms with Crippen LogP contribution >= 0.6 is 0 Å². The largest absolute Gasteiger partial charge is 0.393 e. The maximum Gasteiger partial charge on any atom is 0.190 e. The highest BCUT2D eigenvalue weighted by atomic mass is 16.3. The van der Waals surface area contributed by atoms with E-state index in [-0.39, 0.29) is 41.5 Å². The number of aromatic nitrogens is 2. The average molecular weight is 490 g/mol. The number of aryl methyl sites for hydroxylation is 1. The van der Waals surface area contributed by atoms with E-state index >= 15 is 0 Å². The number of hydrogen-bond donors (Lipinski definition) is 4. The Hall–Kier alpha value is -1.61. The zero-order valence-electron chi connectivity index (χ0n) is 21.2. The van der Waals surface area contributed by atoms with Gasteiger partial charge < -0.3 is 25.6 Å². The Kier molecular flexibility index (Phi) is 7.59. The first kappa shape index (κ1) is 26.5. The summed E-state index contributed by atoms with van der Waals surface area (Å²) >= 11 is 0. The van der Waals surface area contributed by atoms with Crippen LogP contribution in [0, 0.1) is 34.5 Å². The molecule has 0 spiro atoms. The highest BCUT2D eigenvalue weighted by Crippen LogP contribution is 2.67. The van der Waals surface area contributed by atoms with E-state index in [0.717, 1.165) is 58.0 Å². The van der Waals surface area contributed by atoms with E-state index in [1.165, 1.54) is 0 Å². The lowest BCUT2D eigenvalue weighted by Crippen LogP contribution is -2.62. The molecular formula is C27H43N3O5. The molecule has 5 N–H and O–H groups in total. The molecule has 0 radical (unpaired) electrons. The molecule has 4 saturated carbocycles. The van der Waals surface area contributed by atoms with E-state index in [1.807, 2.05) is 17.7 Å². The Balaban J connectivity index is 0.000000271. The van der Waals surface area contributed by atoms with Crippen molar-refractivity contribution in [3.8, 4) is 0 Å². The Morgan fingerprint density at radius 3 is 2.66 bits per heavy atom. The molecule has 1 aromatic rings. The van der Waals surface area contributed by atoms with Crippen LogP contribution in [-0.4, -0.2) is 61.3 Å². The molecule has 8 nitrogen and oxygen atoms in total. The topological polar surface area (TPSA) is 139 Å². The lowest BCUT2D eigenvalue weighted by molar-refractivity contribution is -0.180. The maximum atomic E-state index is 13.4. The number of carbonyl (C=O) groups excluding carboxylic acids is 2. The summed E-state index contributed by atoms with van der Waals surface area (Å²) in [5.41, 5.74) is 2.91. The predicted octanol–water partition coefficient (Wildman–Crippen LogP) is 2.09. The predicted molar refractivity (Wildman–Crippen MR) is 131 cm³/mol. The number of hydrogen-bond acceptors (Lipinski definition) is 7. The van der Waals surface area contributed by atoms with Crippen LogP contribution in [0.5, 0.6) is 0 Å². The van der Waals surface area contributed by atoms with Gasteiger partial charge in [0.15, 0.2) is 5.78 Å². The van der Waals surface area contributed by atoms with Gasteiger partial charge in [0.1, 0.15) is 18.0 Å². The second-order valence-corrected chi connectivity index (χ2v) is 11.9. The Labute approximate surface area is 208 Å². The standard InChI is InChI=1S/C21H32O5.C6H11N3/c1-19-7-5-13(23)9-12(19)3-4-14-15-6-8-21(26,17(25)11-22)20(15,2)10-16(24)18(14)19;7-2-1-4-9-5-3-8-6-9/h12-15,18,22-23,26H,3-11H2,1-2H3;3,5-6H,1-2,4,7H2/t12-,13-,14+,15+,18-,19+,20+,21+;/m1./s1. The summed E-state index contributed by atoms with van der Waals surface area (Å²) in [5.74, 6) is 0.380. The molecule has 35 heavy (non-hydrogen) atoms. The number of aliphatic hydroxyl groups is 3. The van der Waals surface area contributed by atoms with Crippen molar-refractivity contribution in [3.63, 3.8) is 0 Å². The van der Waals surface area contributed by atoms with Gasteiger partial charge in [-0.25, -0.2) is 4.98 Å². The van der Waals surface area contributed by atoms with Crippen molar-refractivity contribution in [2.45, 2.75) is 89.9 Å². The van der Waals surface area contributed by atoms with Gasteiger partial charge in [-0.05, 0) is 81.1 Å². The summed E-state index contributed by atoms with van der Waals surface area (Å²) < 4.78 is 2.02. The van der Waals surface area contributed by atoms with Crippen molar-refractivity contribution in [2.24, 2.45) is 40.2 Å². The molecule has 8 atom stereocenters. The minimum Gasteiger partial charge on any atom is -0.393 e. The van der Waals surface area contributed by atoms with Gasteiger partial charge in [0, 0.05) is 36.7 Å². The number of rotatable bonds is 5. The molecule has 196 valence electrons. The molecule has 4 aliphatic rings. The van der Waals surface area contributed by atoms with Gasteiger partial charge in [-0.3, -0.25) is 9.59 Å². The molecule has 0 aliphatic heterocycles. The minimum atomic E-state index is -1.58. The van der Waals surface area contributed by atoms with Gasteiger partial charge >= 0.3 is 0 Å². The van der Waals surface area contributed by atoms with Crippen molar-refractivity contribution in [1.29, 1.82) is 0 Å². The van der Waals surface area contributed by atoms with E-state index in [2.05, 4.69) is 11.9 Å². The smallest absolute Gasteiger partial charge is 0.190 e. The van der Waals surface area contributed by atoms with Gasteiger partial charge in [0.05, 0.1) is 12.4 Å². The third-order valence-electron chi connectivity index (χ3n) is 10.3. The third-order valence-corrected chi connectivity index (χ3v) is 10.3. The number of nitrogens with two attached hydrogens (primary N) is 1. The normalized spacial score (nSPS) is 42.3. The van der Waals surface area contributed by atoms with Gasteiger partial charge in [0.2, 0.25) is 0 Å². The number of fused-ring (bicyclic) bond motifs is 5. The Bertz CT molecular complexity index is 907. The molecule has 0 amide bonds. The van der Waals surface area contributed by atoms with Gasteiger partial charge in [-0.2, -0.15) is 0 Å². The summed E-state index contributed by atoms with van der Waals surface area (Å²) in [6.45, 7) is 5.19. The highest BCUT2D eigenvalue weighted by molar-refractivity contribution is 5.92. The van der Waals surface area contributed by atoms with Crippen LogP contribution in [0.25, 0.3) is 0 Å². The van der Waals surface area contributed by atoms with Crippen LogP contribution in [0.15, 0.2) is 18.7 Å². The molecular weight excluding hydrogens is 446 g/mol. The molecule has 4 fully saturated rings. The third kappa shape index (κ3) is 4.41. The summed E-state index contributed by atoms with van der Waals surface area (Å²) in [6, 6.07) is 0. The van der Waals surface area contributed by atoms with Crippen molar-refractivity contribution in [1.82, 2.24) is 9.55 Å². The number of carbonyl (C=O) groups is 2. The molecule has 0 unspecified atom stereocenters. The molecule has 0 aromatic carbocycles. The monoisotopic (exact) mass is 489 g/mol. The first-order chi connectivity index (χ1) is 16.6. The lowest BCUT2D eigenvalue weighted by atomic mass is 9.44. The molecule has 8 heteroatoms. The summed E-state index contributed by atoms with van der Waals surface area (Å²) in [4.78, 5) is 29.6. The number of aliphatic hydroxyl groups excluding tert-OH is 2. The second-order valence-electron chi connectivity index (χ2n) is 11.9. The van der Waals surface area contributed by atoms with E-state index in [4.69, 9.17) is 5.73 Å². The van der Waals surface area contributed by atoms with Crippen LogP contribution in [0.4, 0.5) is 0 Å². The fourth-order valence-corrected chi connectivity index (χ4v) is 8.34. The first-order valence-corrected chi connectivity index (χ1v) is 13.3. The van der Waals surface area contributed by atoms with Crippen LogP contribution in [0.3, 0.4) is 0 Å². The molecule has 0 saturated heterocycles. The minimum absolute atomic E-state index is 0.0154. The van der Waals surface area contributed by atoms with Crippen molar-refractivity contribution in [2.75, 3.05) is 13.2 Å². The fourth-order valence-electron chi connectivity index (χ4n) is 8.34. The number of imidazole rings is 1. The van der Waals surface area contributed by atoms with Gasteiger partial charge in [-0.15, -0.1) is 0 Å². The van der Waals surface area contributed by atoms with Crippen LogP contribution in [0.2, 0.25) is 0 Å². The summed E-state index contributed by atoms with van der Waals surface area (Å²) in [6.07, 6.45) is 12.0. The van der Waals surface area contributed by atoms with Crippen molar-refractivity contribution >= 4 is 11.6 Å². The second kappa shape index (κ2) is 10.0. The summed E-state index contributed by atoms with van der Waals surface area (Å²) in [7, 11) is 0. The molecule has 5 rings (SSSR count). The van der Waals surface area contributed by atoms with Crippen molar-refractivity contribution < 1.29 is 24.9 Å². The molecule has 4 aliphatic carbocycles. The van der Waals surface area contributed by atoms with Crippen LogP contribution < -0.4 is 5.73 Å². The highest BCUT2D eigenvalue weighted by Gasteiger charge is 2.68. The average Bonchev–Trinajstić information content (AvgIpc) is 3.44. The zero-order chi connectivity index (χ0) is 25.4.